The zero-order valence-electron chi connectivity index (χ0n) is 10.0. The van der Waals surface area contributed by atoms with Gasteiger partial charge in [0.25, 0.3) is 0 Å². The number of hydrogen-bond acceptors (Lipinski definition) is 3. The fraction of sp³-hybridized carbons (Fsp3) is 0.308. The molecule has 90 valence electrons. The first-order valence-electron chi connectivity index (χ1n) is 5.54. The molecule has 1 atom stereocenters. The zero-order chi connectivity index (χ0) is 12.4. The molecular formula is C13H16N2O2. The van der Waals surface area contributed by atoms with Crippen LogP contribution in [0.2, 0.25) is 0 Å². The molecule has 17 heavy (non-hydrogen) atoms. The summed E-state index contributed by atoms with van der Waals surface area (Å²) in [7, 11) is 1.38. The molecule has 2 rings (SSSR count). The first-order chi connectivity index (χ1) is 8.11. The summed E-state index contributed by atoms with van der Waals surface area (Å²) in [6, 6.07) is 7.60. The minimum absolute atomic E-state index is 0.103. The second-order valence-corrected chi connectivity index (χ2v) is 4.21. The van der Waals surface area contributed by atoms with Gasteiger partial charge in [0.05, 0.1) is 12.7 Å². The normalized spacial score (nSPS) is 12.6. The van der Waals surface area contributed by atoms with Crippen LogP contribution in [0.1, 0.15) is 17.3 Å². The van der Waals surface area contributed by atoms with Crippen molar-refractivity contribution >= 4 is 16.9 Å². The molecule has 0 amide bonds. The van der Waals surface area contributed by atoms with Gasteiger partial charge in [0.15, 0.2) is 0 Å². The Morgan fingerprint density at radius 1 is 1.47 bits per heavy atom. The Kier molecular flexibility index (Phi) is 3.15. The summed E-state index contributed by atoms with van der Waals surface area (Å²) in [5.74, 6) is -0.313. The van der Waals surface area contributed by atoms with Crippen LogP contribution in [-0.2, 0) is 11.3 Å². The number of carbonyl (C=O) groups is 1. The number of fused-ring (bicyclic) bond motifs is 1. The number of carbonyl (C=O) groups excluding carboxylic acids is 1. The highest BCUT2D eigenvalue weighted by atomic mass is 16.5. The van der Waals surface area contributed by atoms with Crippen LogP contribution in [0.15, 0.2) is 30.5 Å². The predicted molar refractivity (Wildman–Crippen MR) is 66.9 cm³/mol. The van der Waals surface area contributed by atoms with Gasteiger partial charge in [-0.15, -0.1) is 0 Å². The van der Waals surface area contributed by atoms with Gasteiger partial charge in [-0.3, -0.25) is 0 Å². The lowest BCUT2D eigenvalue weighted by atomic mass is 10.1. The van der Waals surface area contributed by atoms with Crippen LogP contribution in [0.25, 0.3) is 10.9 Å². The molecule has 1 heterocycles. The number of aromatic nitrogens is 1. The van der Waals surface area contributed by atoms with Crippen LogP contribution in [0.5, 0.6) is 0 Å². The average molecular weight is 232 g/mol. The molecular weight excluding hydrogens is 216 g/mol. The third-order valence-electron chi connectivity index (χ3n) is 2.68. The molecule has 1 unspecified atom stereocenters. The van der Waals surface area contributed by atoms with Crippen molar-refractivity contribution in [1.82, 2.24) is 4.57 Å². The first kappa shape index (κ1) is 11.7. The van der Waals surface area contributed by atoms with Crippen molar-refractivity contribution in [3.05, 3.63) is 36.0 Å². The fourth-order valence-electron chi connectivity index (χ4n) is 1.91. The molecule has 0 bridgehead atoms. The maximum Gasteiger partial charge on any atom is 0.337 e. The van der Waals surface area contributed by atoms with E-state index in [-0.39, 0.29) is 12.0 Å². The Labute approximate surface area is 100.0 Å². The molecule has 2 N–H and O–H groups in total. The lowest BCUT2D eigenvalue weighted by Crippen LogP contribution is -2.21. The number of rotatable bonds is 3. The van der Waals surface area contributed by atoms with E-state index in [4.69, 9.17) is 10.5 Å². The SMILES string of the molecule is COC(=O)c1ccc2c(ccn2CC(C)N)c1. The number of hydrogen-bond donors (Lipinski definition) is 1. The van der Waals surface area contributed by atoms with Gasteiger partial charge in [0.1, 0.15) is 0 Å². The van der Waals surface area contributed by atoms with Crippen LogP contribution >= 0.6 is 0 Å². The Morgan fingerprint density at radius 3 is 2.88 bits per heavy atom. The number of benzene rings is 1. The van der Waals surface area contributed by atoms with Crippen LogP contribution in [0.3, 0.4) is 0 Å². The number of esters is 1. The quantitative estimate of drug-likeness (QED) is 0.820. The molecule has 0 aliphatic carbocycles. The van der Waals surface area contributed by atoms with E-state index in [2.05, 4.69) is 4.57 Å². The van der Waals surface area contributed by atoms with Gasteiger partial charge in [-0.2, -0.15) is 0 Å². The van der Waals surface area contributed by atoms with E-state index in [0.717, 1.165) is 17.4 Å². The van der Waals surface area contributed by atoms with Crippen LogP contribution in [-0.4, -0.2) is 23.7 Å². The number of nitrogens with two attached hydrogens (primary N) is 1. The van der Waals surface area contributed by atoms with Crippen LogP contribution in [0.4, 0.5) is 0 Å². The molecule has 2 aromatic rings. The van der Waals surface area contributed by atoms with Crippen molar-refractivity contribution < 1.29 is 9.53 Å². The summed E-state index contributed by atoms with van der Waals surface area (Å²) in [6.45, 7) is 2.73. The molecule has 0 aliphatic rings. The molecule has 4 heteroatoms. The van der Waals surface area contributed by atoms with Gasteiger partial charge in [-0.25, -0.2) is 4.79 Å². The summed E-state index contributed by atoms with van der Waals surface area (Å²) in [5.41, 5.74) is 7.43. The number of nitrogens with zero attached hydrogens (tertiary/aromatic N) is 1. The minimum Gasteiger partial charge on any atom is -0.465 e. The summed E-state index contributed by atoms with van der Waals surface area (Å²) in [4.78, 5) is 11.4. The smallest absolute Gasteiger partial charge is 0.337 e. The largest absolute Gasteiger partial charge is 0.465 e. The highest BCUT2D eigenvalue weighted by Crippen LogP contribution is 2.18. The maximum atomic E-state index is 11.4. The van der Waals surface area contributed by atoms with E-state index < -0.39 is 0 Å². The fourth-order valence-corrected chi connectivity index (χ4v) is 1.91. The molecule has 1 aromatic heterocycles. The second kappa shape index (κ2) is 4.59. The summed E-state index contributed by atoms with van der Waals surface area (Å²) in [5, 5.41) is 1.02. The van der Waals surface area contributed by atoms with E-state index in [1.807, 2.05) is 31.3 Å². The van der Waals surface area contributed by atoms with Gasteiger partial charge in [-0.05, 0) is 31.2 Å². The molecule has 0 spiro atoms. The summed E-state index contributed by atoms with van der Waals surface area (Å²) >= 11 is 0. The van der Waals surface area contributed by atoms with Crippen molar-refractivity contribution in [3.63, 3.8) is 0 Å². The Bertz CT molecular complexity index is 543. The first-order valence-corrected chi connectivity index (χ1v) is 5.54. The van der Waals surface area contributed by atoms with E-state index in [0.29, 0.717) is 5.56 Å². The van der Waals surface area contributed by atoms with E-state index >= 15 is 0 Å². The topological polar surface area (TPSA) is 57.2 Å². The highest BCUT2D eigenvalue weighted by Gasteiger charge is 2.08. The van der Waals surface area contributed by atoms with Crippen molar-refractivity contribution in [1.29, 1.82) is 0 Å². The number of ether oxygens (including phenoxy) is 1. The lowest BCUT2D eigenvalue weighted by Gasteiger charge is -2.08. The lowest BCUT2D eigenvalue weighted by molar-refractivity contribution is 0.0601. The molecule has 0 saturated heterocycles. The molecule has 0 saturated carbocycles. The number of methoxy groups -OCH3 is 1. The minimum atomic E-state index is -0.313. The second-order valence-electron chi connectivity index (χ2n) is 4.21. The van der Waals surface area contributed by atoms with Crippen molar-refractivity contribution in [2.24, 2.45) is 5.73 Å². The van der Waals surface area contributed by atoms with Crippen molar-refractivity contribution in [2.45, 2.75) is 19.5 Å². The third kappa shape index (κ3) is 2.31. The van der Waals surface area contributed by atoms with Crippen LogP contribution < -0.4 is 5.73 Å². The van der Waals surface area contributed by atoms with Crippen molar-refractivity contribution in [3.8, 4) is 0 Å². The Balaban J connectivity index is 2.41. The Hall–Kier alpha value is -1.81. The Morgan fingerprint density at radius 2 is 2.24 bits per heavy atom. The van der Waals surface area contributed by atoms with E-state index in [1.165, 1.54) is 7.11 Å². The monoisotopic (exact) mass is 232 g/mol. The third-order valence-corrected chi connectivity index (χ3v) is 2.68. The predicted octanol–water partition coefficient (Wildman–Crippen LogP) is 1.78. The molecule has 0 aliphatic heterocycles. The van der Waals surface area contributed by atoms with E-state index in [9.17, 15) is 4.79 Å². The van der Waals surface area contributed by atoms with E-state index in [1.54, 1.807) is 6.07 Å². The van der Waals surface area contributed by atoms with Gasteiger partial charge in [0.2, 0.25) is 0 Å². The highest BCUT2D eigenvalue weighted by molar-refractivity contribution is 5.94. The molecule has 0 radical (unpaired) electrons. The van der Waals surface area contributed by atoms with Gasteiger partial charge in [-0.1, -0.05) is 0 Å². The summed E-state index contributed by atoms with van der Waals surface area (Å²) in [6.07, 6.45) is 1.98. The standard InChI is InChI=1S/C13H16N2O2/c1-9(14)8-15-6-5-10-7-11(13(16)17-2)3-4-12(10)15/h3-7,9H,8,14H2,1-2H3. The molecule has 4 nitrogen and oxygen atoms in total. The summed E-state index contributed by atoms with van der Waals surface area (Å²) < 4.78 is 6.78. The molecule has 1 aromatic carbocycles. The van der Waals surface area contributed by atoms with Crippen LogP contribution in [0, 0.1) is 0 Å². The van der Waals surface area contributed by atoms with Gasteiger partial charge >= 0.3 is 5.97 Å². The van der Waals surface area contributed by atoms with Crippen molar-refractivity contribution in [2.75, 3.05) is 7.11 Å². The average Bonchev–Trinajstić information content (AvgIpc) is 2.70. The zero-order valence-corrected chi connectivity index (χ0v) is 10.0. The van der Waals surface area contributed by atoms with Gasteiger partial charge < -0.3 is 15.0 Å². The van der Waals surface area contributed by atoms with Gasteiger partial charge in [0, 0.05) is 29.7 Å². The molecule has 0 fully saturated rings. The maximum absolute atomic E-state index is 11.4.